The molecule has 0 aliphatic carbocycles. The molecule has 0 rings (SSSR count). The van der Waals surface area contributed by atoms with Gasteiger partial charge in [-0.05, 0) is 13.8 Å². The summed E-state index contributed by atoms with van der Waals surface area (Å²) in [5, 5.41) is 6.88. The number of amides is 1. The quantitative estimate of drug-likeness (QED) is 0.391. The van der Waals surface area contributed by atoms with Crippen molar-refractivity contribution in [3.05, 3.63) is 0 Å². The minimum atomic E-state index is -0.868. The molecule has 0 aliphatic rings. The predicted octanol–water partition coefficient (Wildman–Crippen LogP) is -0.497. The number of hydrogen-bond acceptors (Lipinski definition) is 3. The van der Waals surface area contributed by atoms with Crippen LogP contribution in [0.2, 0.25) is 0 Å². The first-order valence-corrected chi connectivity index (χ1v) is 3.62. The number of nitrogens with two attached hydrogens (primary N) is 2. The molecule has 0 bridgehead atoms. The maximum Gasteiger partial charge on any atom is 0.233 e. The minimum Gasteiger partial charge on any atom is -0.386 e. The molecule has 5 N–H and O–H groups in total. The van der Waals surface area contributed by atoms with Gasteiger partial charge in [0.1, 0.15) is 11.8 Å². The van der Waals surface area contributed by atoms with Gasteiger partial charge in [-0.3, -0.25) is 9.79 Å². The van der Waals surface area contributed by atoms with Gasteiger partial charge in [0.15, 0.2) is 0 Å². The van der Waals surface area contributed by atoms with E-state index >= 15 is 0 Å². The van der Waals surface area contributed by atoms with E-state index in [1.165, 1.54) is 0 Å². The largest absolute Gasteiger partial charge is 0.386 e. The third-order valence-electron chi connectivity index (χ3n) is 1.20. The van der Waals surface area contributed by atoms with Crippen molar-refractivity contribution in [1.29, 1.82) is 5.41 Å². The highest BCUT2D eigenvalue weighted by molar-refractivity contribution is 6.13. The van der Waals surface area contributed by atoms with Crippen LogP contribution in [0.3, 0.4) is 0 Å². The monoisotopic (exact) mass is 170 g/mol. The zero-order valence-corrected chi connectivity index (χ0v) is 7.24. The van der Waals surface area contributed by atoms with E-state index in [1.807, 2.05) is 13.8 Å². The normalized spacial score (nSPS) is 14.4. The Morgan fingerprint density at radius 3 is 2.25 bits per heavy atom. The Kier molecular flexibility index (Phi) is 3.96. The molecule has 0 aromatic heterocycles. The maximum absolute atomic E-state index is 10.7. The SMILES string of the molecule is CC(C)N=C(N)C(C=N)C(N)=O. The number of rotatable bonds is 4. The summed E-state index contributed by atoms with van der Waals surface area (Å²) in [5.74, 6) is -1.41. The summed E-state index contributed by atoms with van der Waals surface area (Å²) in [6, 6.07) is 0.00630. The lowest BCUT2D eigenvalue weighted by atomic mass is 10.1. The number of carbonyl (C=O) groups is 1. The molecule has 0 saturated carbocycles. The van der Waals surface area contributed by atoms with E-state index < -0.39 is 11.8 Å². The van der Waals surface area contributed by atoms with Crippen LogP contribution in [0.25, 0.3) is 0 Å². The van der Waals surface area contributed by atoms with Gasteiger partial charge in [0, 0.05) is 12.3 Å². The Labute approximate surface area is 71.4 Å². The molecular formula is C7H14N4O. The van der Waals surface area contributed by atoms with E-state index in [4.69, 9.17) is 16.9 Å². The number of carbonyl (C=O) groups excluding carboxylic acids is 1. The first-order valence-electron chi connectivity index (χ1n) is 3.62. The molecule has 5 heteroatoms. The van der Waals surface area contributed by atoms with Gasteiger partial charge in [-0.1, -0.05) is 0 Å². The highest BCUT2D eigenvalue weighted by atomic mass is 16.1. The van der Waals surface area contributed by atoms with E-state index in [0.717, 1.165) is 6.21 Å². The van der Waals surface area contributed by atoms with E-state index in [1.54, 1.807) is 0 Å². The summed E-state index contributed by atoms with van der Waals surface area (Å²) >= 11 is 0. The second-order valence-corrected chi connectivity index (χ2v) is 2.69. The standard InChI is InChI=1S/C7H14N4O/c1-4(2)11-6(9)5(3-8)7(10)12/h3-5,8H,1-2H3,(H2,9,11)(H2,10,12). The van der Waals surface area contributed by atoms with Crippen LogP contribution in [0, 0.1) is 11.3 Å². The van der Waals surface area contributed by atoms with Crippen molar-refractivity contribution >= 4 is 18.0 Å². The zero-order valence-electron chi connectivity index (χ0n) is 7.24. The molecule has 0 heterocycles. The molecule has 0 fully saturated rings. The highest BCUT2D eigenvalue weighted by Gasteiger charge is 2.16. The van der Waals surface area contributed by atoms with Gasteiger partial charge in [0.25, 0.3) is 0 Å². The summed E-state index contributed by atoms with van der Waals surface area (Å²) in [6.07, 6.45) is 0.892. The Morgan fingerprint density at radius 2 is 2.00 bits per heavy atom. The molecule has 0 aliphatic heterocycles. The number of hydrogen-bond donors (Lipinski definition) is 3. The van der Waals surface area contributed by atoms with Crippen LogP contribution in [0.5, 0.6) is 0 Å². The lowest BCUT2D eigenvalue weighted by Crippen LogP contribution is -2.36. The van der Waals surface area contributed by atoms with Crippen LogP contribution in [-0.4, -0.2) is 24.0 Å². The number of amidine groups is 1. The second kappa shape index (κ2) is 4.48. The van der Waals surface area contributed by atoms with Crippen molar-refractivity contribution in [2.75, 3.05) is 0 Å². The minimum absolute atomic E-state index is 0.00630. The topological polar surface area (TPSA) is 105 Å². The highest BCUT2D eigenvalue weighted by Crippen LogP contribution is 1.94. The average Bonchev–Trinajstić information content (AvgIpc) is 1.85. The molecule has 0 aromatic carbocycles. The molecule has 0 radical (unpaired) electrons. The van der Waals surface area contributed by atoms with Crippen molar-refractivity contribution in [2.24, 2.45) is 22.4 Å². The summed E-state index contributed by atoms with van der Waals surface area (Å²) in [5.41, 5.74) is 10.4. The third-order valence-corrected chi connectivity index (χ3v) is 1.20. The van der Waals surface area contributed by atoms with Crippen molar-refractivity contribution in [2.45, 2.75) is 19.9 Å². The zero-order chi connectivity index (χ0) is 9.72. The third kappa shape index (κ3) is 3.14. The summed E-state index contributed by atoms with van der Waals surface area (Å²) < 4.78 is 0. The van der Waals surface area contributed by atoms with Crippen LogP contribution < -0.4 is 11.5 Å². The Morgan fingerprint density at radius 1 is 1.50 bits per heavy atom. The van der Waals surface area contributed by atoms with E-state index in [-0.39, 0.29) is 11.9 Å². The first kappa shape index (κ1) is 10.6. The fraction of sp³-hybridized carbons (Fsp3) is 0.571. The van der Waals surface area contributed by atoms with Gasteiger partial charge in [-0.2, -0.15) is 0 Å². The van der Waals surface area contributed by atoms with Crippen LogP contribution in [0.15, 0.2) is 4.99 Å². The molecule has 5 nitrogen and oxygen atoms in total. The molecule has 0 saturated heterocycles. The van der Waals surface area contributed by atoms with Crippen molar-refractivity contribution in [3.63, 3.8) is 0 Å². The van der Waals surface area contributed by atoms with E-state index in [9.17, 15) is 4.79 Å². The van der Waals surface area contributed by atoms with E-state index in [0.29, 0.717) is 0 Å². The second-order valence-electron chi connectivity index (χ2n) is 2.69. The van der Waals surface area contributed by atoms with Gasteiger partial charge < -0.3 is 16.9 Å². The van der Waals surface area contributed by atoms with Crippen LogP contribution in [-0.2, 0) is 4.79 Å². The molecule has 68 valence electrons. The van der Waals surface area contributed by atoms with Crippen molar-refractivity contribution in [3.8, 4) is 0 Å². The summed E-state index contributed by atoms with van der Waals surface area (Å²) in [4.78, 5) is 14.6. The number of nitrogens with zero attached hydrogens (tertiary/aromatic N) is 1. The smallest absolute Gasteiger partial charge is 0.233 e. The van der Waals surface area contributed by atoms with Gasteiger partial charge in [-0.25, -0.2) is 0 Å². The fourth-order valence-electron chi connectivity index (χ4n) is 0.692. The summed E-state index contributed by atoms with van der Waals surface area (Å²) in [6.45, 7) is 3.66. The van der Waals surface area contributed by atoms with Crippen molar-refractivity contribution in [1.82, 2.24) is 0 Å². The van der Waals surface area contributed by atoms with Gasteiger partial charge in [-0.15, -0.1) is 0 Å². The fourth-order valence-corrected chi connectivity index (χ4v) is 0.692. The molecule has 1 amide bonds. The Hall–Kier alpha value is -1.39. The number of primary amides is 1. The van der Waals surface area contributed by atoms with Crippen molar-refractivity contribution < 1.29 is 4.79 Å². The lowest BCUT2D eigenvalue weighted by molar-refractivity contribution is -0.118. The molecule has 1 atom stereocenters. The molecule has 0 spiro atoms. The lowest BCUT2D eigenvalue weighted by Gasteiger charge is -2.07. The Bertz CT molecular complexity index is 209. The molecule has 1 unspecified atom stereocenters. The predicted molar refractivity (Wildman–Crippen MR) is 48.2 cm³/mol. The van der Waals surface area contributed by atoms with Gasteiger partial charge in [0.2, 0.25) is 5.91 Å². The number of nitrogens with one attached hydrogen (secondary N) is 1. The molecule has 0 aromatic rings. The molecular weight excluding hydrogens is 156 g/mol. The molecule has 12 heavy (non-hydrogen) atoms. The van der Waals surface area contributed by atoms with E-state index in [2.05, 4.69) is 4.99 Å². The first-order chi connectivity index (χ1) is 5.49. The number of aliphatic imine (C=N–C) groups is 1. The maximum atomic E-state index is 10.7. The van der Waals surface area contributed by atoms with Crippen LogP contribution >= 0.6 is 0 Å². The van der Waals surface area contributed by atoms with Gasteiger partial charge in [0.05, 0.1) is 0 Å². The van der Waals surface area contributed by atoms with Crippen LogP contribution in [0.4, 0.5) is 0 Å². The average molecular weight is 170 g/mol. The van der Waals surface area contributed by atoms with Gasteiger partial charge >= 0.3 is 0 Å². The summed E-state index contributed by atoms with van der Waals surface area (Å²) in [7, 11) is 0. The Balaban J connectivity index is 4.52. The van der Waals surface area contributed by atoms with Crippen LogP contribution in [0.1, 0.15) is 13.8 Å².